The number of amides is 13. The van der Waals surface area contributed by atoms with E-state index in [1.165, 1.54) is 30.6 Å². The van der Waals surface area contributed by atoms with Gasteiger partial charge in [0.1, 0.15) is 67.0 Å². The lowest BCUT2D eigenvalue weighted by Gasteiger charge is -2.28. The number of hydrogen-bond acceptors (Lipinski definition) is 26. The summed E-state index contributed by atoms with van der Waals surface area (Å²) in [6, 6.07) is 9.48. The van der Waals surface area contributed by atoms with Crippen molar-refractivity contribution in [1.29, 1.82) is 0 Å². The Morgan fingerprint density at radius 1 is 0.658 bits per heavy atom. The Morgan fingerprint density at radius 2 is 1.27 bits per heavy atom. The van der Waals surface area contributed by atoms with E-state index in [9.17, 15) is 87.2 Å². The number of aliphatic carboxylic acids is 1. The van der Waals surface area contributed by atoms with Crippen LogP contribution < -0.4 is 92.5 Å². The molecule has 3 heterocycles. The molecule has 41 heteroatoms. The summed E-state index contributed by atoms with van der Waals surface area (Å²) in [6.07, 6.45) is -1.71. The minimum Gasteiger partial charge on any atom is -0.480 e. The van der Waals surface area contributed by atoms with Gasteiger partial charge in [-0.3, -0.25) is 72.1 Å². The Hall–Kier alpha value is -11.9. The van der Waals surface area contributed by atoms with Gasteiger partial charge in [-0.25, -0.2) is 4.79 Å². The molecule has 12 atom stereocenters. The molecule has 0 unspecified atom stereocenters. The summed E-state index contributed by atoms with van der Waals surface area (Å²) < 4.78 is 6.53. The molecule has 1 fully saturated rings. The Labute approximate surface area is 697 Å². The Kier molecular flexibility index (Phi) is 40.0. The molecule has 0 spiro atoms. The van der Waals surface area contributed by atoms with Gasteiger partial charge in [0.2, 0.25) is 65.0 Å². The van der Waals surface area contributed by atoms with Crippen molar-refractivity contribution in [3.8, 4) is 0 Å². The highest BCUT2D eigenvalue weighted by atomic mass is 32.2. The van der Waals surface area contributed by atoms with Crippen LogP contribution in [0.2, 0.25) is 0 Å². The van der Waals surface area contributed by atoms with Crippen LogP contribution in [0.4, 0.5) is 4.79 Å². The number of esters is 1. The second kappa shape index (κ2) is 49.5. The van der Waals surface area contributed by atoms with Crippen LogP contribution in [-0.2, 0) is 73.5 Å². The van der Waals surface area contributed by atoms with Crippen LogP contribution >= 0.6 is 11.8 Å². The van der Waals surface area contributed by atoms with E-state index < -0.39 is 188 Å². The molecule has 1 saturated heterocycles. The molecule has 5 aromatic rings. The number of carboxylic acids is 1. The Bertz CT molecular complexity index is 4380. The number of carboxylic acid groups (broad SMARTS) is 1. The quantitative estimate of drug-likeness (QED) is 0.0170. The average Bonchev–Trinajstić information content (AvgIpc) is 1.62. The van der Waals surface area contributed by atoms with Crippen molar-refractivity contribution >= 4 is 124 Å². The van der Waals surface area contributed by atoms with Crippen molar-refractivity contribution in [2.24, 2.45) is 34.6 Å². The third-order valence-electron chi connectivity index (χ3n) is 18.8. The molecule has 1 aliphatic rings. The third kappa shape index (κ3) is 30.8. The second-order valence-corrected chi connectivity index (χ2v) is 29.8. The lowest BCUT2D eigenvalue weighted by atomic mass is 10.00. The minimum absolute atomic E-state index is 0.00753. The van der Waals surface area contributed by atoms with Crippen LogP contribution in [0.3, 0.4) is 0 Å². The standard InChI is InChI=1S/C79H111N21O19S/c1-44(2)41-59-74(112)91-54(24-31-80)69(107)90-57(27-34-83)73(111)97-66(45(3)101)76(114)88-36-28-58(72(110)89-55(25-32-81)71(109)95-60(75(113)94-59)42-47-13-7-6-8-14-47)92-70(108)56(26-33-82)93-77(115)67(46(4)102)96-64(104)30-40-119-65(105)29-38-99(39-37-87-63(103)23-21-52(84)78(116)117)79(118)100-61-43-49(120-62-17-10-9-16-51(62)68(106)85-5)19-20-50(61)53(98-100)22-18-48-15-11-12-35-86-48/h6-20,22,35,43-46,52,54-60,66-67,101-102H,21,23-34,36-42,80-84H2,1-5H3,(H,85,106)(H,87,103)(H,88,114)(H,89,110)(H,90,107)(H,91,112)(H,92,108)(H,93,115)(H,94,113)(H,95,109)(H,96,104)(H,97,111)(H,116,117)/b22-18+/t45-,46+,52-,54+,55+,56+,57+,58+,59+,60-,66+,67+/m1/s1. The number of rotatable bonds is 37. The van der Waals surface area contributed by atoms with Crippen molar-refractivity contribution in [3.63, 3.8) is 0 Å². The number of aliphatic hydroxyl groups excluding tert-OH is 2. The zero-order chi connectivity index (χ0) is 88.1. The molecular weight excluding hydrogens is 1580 g/mol. The molecule has 0 saturated carbocycles. The monoisotopic (exact) mass is 1690 g/mol. The van der Waals surface area contributed by atoms with E-state index in [1.54, 1.807) is 123 Å². The number of nitrogens with two attached hydrogens (primary N) is 5. The van der Waals surface area contributed by atoms with Crippen LogP contribution in [0, 0.1) is 5.92 Å². The van der Waals surface area contributed by atoms with Gasteiger partial charge >= 0.3 is 18.0 Å². The summed E-state index contributed by atoms with van der Waals surface area (Å²) in [5.74, 6) is -13.3. The lowest BCUT2D eigenvalue weighted by Crippen LogP contribution is -2.61. The molecule has 13 amide bonds. The number of carbonyl (C=O) groups is 15. The van der Waals surface area contributed by atoms with Gasteiger partial charge in [0.05, 0.1) is 47.5 Å². The molecule has 2 aromatic heterocycles. The maximum Gasteiger partial charge on any atom is 0.345 e. The first-order chi connectivity index (χ1) is 57.3. The predicted octanol–water partition coefficient (Wildman–Crippen LogP) is -3.66. The van der Waals surface area contributed by atoms with Crippen LogP contribution in [0.1, 0.15) is 119 Å². The largest absolute Gasteiger partial charge is 0.480 e. The molecule has 1 aliphatic heterocycles. The topological polar surface area (TPSA) is 634 Å². The van der Waals surface area contributed by atoms with Gasteiger partial charge in [-0.15, -0.1) is 0 Å². The number of carbonyl (C=O) groups excluding carboxylic acids is 14. The van der Waals surface area contributed by atoms with Gasteiger partial charge in [0, 0.05) is 67.4 Å². The minimum atomic E-state index is -1.83. The Balaban J connectivity index is 1.21. The lowest BCUT2D eigenvalue weighted by molar-refractivity contribution is -0.145. The van der Waals surface area contributed by atoms with Gasteiger partial charge in [-0.05, 0) is 151 Å². The first kappa shape index (κ1) is 97.0. The van der Waals surface area contributed by atoms with Crippen molar-refractivity contribution in [2.45, 2.75) is 181 Å². The fourth-order valence-corrected chi connectivity index (χ4v) is 13.3. The number of nitrogens with one attached hydrogen (secondary N) is 12. The van der Waals surface area contributed by atoms with Crippen LogP contribution in [0.15, 0.2) is 107 Å². The first-order valence-electron chi connectivity index (χ1n) is 39.3. The molecule has 25 N–H and O–H groups in total. The average molecular weight is 1690 g/mol. The molecule has 0 aliphatic carbocycles. The summed E-state index contributed by atoms with van der Waals surface area (Å²) in [4.78, 5) is 215. The number of hydrogen-bond donors (Lipinski definition) is 20. The maximum absolute atomic E-state index is 15.0. The number of nitrogens with zero attached hydrogens (tertiary/aromatic N) is 4. The van der Waals surface area contributed by atoms with E-state index in [4.69, 9.17) is 38.5 Å². The SMILES string of the molecule is CNC(=O)c1ccccc1Sc1ccc2c(/C=C/c3ccccn3)nn(C(=O)N(CCNC(=O)CC[C@@H](N)C(=O)O)CCC(=O)OCCC(=O)N[C@H](C(=O)N[C@@H](CCN)C(=O)N[C@H]3CCNC(=O)[C@H]([C@@H](C)O)NC(=O)[C@H](CCN)NC(=O)[C@H](CCN)NC(=O)[C@H](CC(C)C)NC(=O)[C@@H](Cc4ccccc4)NC(=O)[C@H](CCN)NC3=O)[C@H](C)O)c2c1. The van der Waals surface area contributed by atoms with E-state index in [1.807, 2.05) is 0 Å². The van der Waals surface area contributed by atoms with Crippen LogP contribution in [0.5, 0.6) is 0 Å². The summed E-state index contributed by atoms with van der Waals surface area (Å²) in [5, 5.41) is 66.8. The maximum atomic E-state index is 15.0. The van der Waals surface area contributed by atoms with Gasteiger partial charge in [-0.2, -0.15) is 9.78 Å². The van der Waals surface area contributed by atoms with Gasteiger partial charge in [-0.1, -0.05) is 74.1 Å². The van der Waals surface area contributed by atoms with E-state index >= 15 is 0 Å². The van der Waals surface area contributed by atoms with Crippen molar-refractivity contribution in [2.75, 3.05) is 66.0 Å². The van der Waals surface area contributed by atoms with Crippen molar-refractivity contribution < 1.29 is 92.0 Å². The van der Waals surface area contributed by atoms with E-state index in [0.29, 0.717) is 43.2 Å². The number of ether oxygens (including phenoxy) is 1. The molecule has 3 aromatic carbocycles. The van der Waals surface area contributed by atoms with Crippen molar-refractivity contribution in [1.82, 2.24) is 83.5 Å². The van der Waals surface area contributed by atoms with Gasteiger partial charge < -0.3 is 117 Å². The number of benzene rings is 3. The third-order valence-corrected chi connectivity index (χ3v) is 19.9. The van der Waals surface area contributed by atoms with Crippen LogP contribution in [0.25, 0.3) is 23.1 Å². The summed E-state index contributed by atoms with van der Waals surface area (Å²) in [6.45, 7) is 2.96. The van der Waals surface area contributed by atoms with Crippen LogP contribution in [-0.4, -0.2) is 262 Å². The van der Waals surface area contributed by atoms with Gasteiger partial charge in [0.25, 0.3) is 5.91 Å². The fraction of sp³-hybridized carbons (Fsp3) is 0.481. The van der Waals surface area contributed by atoms with Crippen molar-refractivity contribution in [3.05, 3.63) is 120 Å². The summed E-state index contributed by atoms with van der Waals surface area (Å²) in [7, 11) is 1.50. The summed E-state index contributed by atoms with van der Waals surface area (Å²) >= 11 is 1.24. The fourth-order valence-electron chi connectivity index (χ4n) is 12.3. The van der Waals surface area contributed by atoms with Gasteiger partial charge in [0.15, 0.2) is 0 Å². The molecule has 6 rings (SSSR count). The molecular formula is C79H111N21O19S. The highest BCUT2D eigenvalue weighted by Crippen LogP contribution is 2.34. The predicted molar refractivity (Wildman–Crippen MR) is 440 cm³/mol. The summed E-state index contributed by atoms with van der Waals surface area (Å²) in [5.41, 5.74) is 31.5. The smallest absolute Gasteiger partial charge is 0.345 e. The zero-order valence-corrected chi connectivity index (χ0v) is 68.3. The number of aromatic nitrogens is 3. The highest BCUT2D eigenvalue weighted by molar-refractivity contribution is 7.99. The highest BCUT2D eigenvalue weighted by Gasteiger charge is 2.38. The number of pyridine rings is 1. The molecule has 0 bridgehead atoms. The second-order valence-electron chi connectivity index (χ2n) is 28.7. The molecule has 0 radical (unpaired) electrons. The van der Waals surface area contributed by atoms with E-state index in [-0.39, 0.29) is 109 Å². The number of fused-ring (bicyclic) bond motifs is 1. The zero-order valence-electron chi connectivity index (χ0n) is 67.5. The Morgan fingerprint density at radius 3 is 1.88 bits per heavy atom. The first-order valence-corrected chi connectivity index (χ1v) is 40.1. The number of aliphatic hydroxyl groups is 2. The molecule has 120 heavy (non-hydrogen) atoms. The molecule has 652 valence electrons. The van der Waals surface area contributed by atoms with E-state index in [0.717, 1.165) is 11.6 Å². The normalized spacial score (nSPS) is 19.2. The van der Waals surface area contributed by atoms with E-state index in [2.05, 4.69) is 68.8 Å². The molecule has 40 nitrogen and oxygen atoms in total.